The highest BCUT2D eigenvalue weighted by molar-refractivity contribution is 5.78. The molecule has 2 saturated heterocycles. The number of hydrogen-bond donors (Lipinski definition) is 1. The van der Waals surface area contributed by atoms with Gasteiger partial charge in [0.05, 0.1) is 19.8 Å². The second-order valence-corrected chi connectivity index (χ2v) is 6.40. The predicted molar refractivity (Wildman–Crippen MR) is 95.4 cm³/mol. The molecule has 2 fully saturated rings. The van der Waals surface area contributed by atoms with E-state index in [0.717, 1.165) is 65.6 Å². The van der Waals surface area contributed by atoms with Gasteiger partial charge >= 0.3 is 0 Å². The SMILES string of the molecule is O=C(CN1CCN(c2ccccc2)CC1)NCCN1CCOCC1. The highest BCUT2D eigenvalue weighted by Gasteiger charge is 2.19. The molecule has 3 rings (SSSR count). The van der Waals surface area contributed by atoms with Crippen LogP contribution >= 0.6 is 0 Å². The zero-order valence-corrected chi connectivity index (χ0v) is 14.3. The number of benzene rings is 1. The van der Waals surface area contributed by atoms with Gasteiger partial charge in [-0.05, 0) is 12.1 Å². The Hall–Kier alpha value is -1.63. The van der Waals surface area contributed by atoms with Crippen LogP contribution in [0.4, 0.5) is 5.69 Å². The van der Waals surface area contributed by atoms with Gasteiger partial charge in [0, 0.05) is 58.0 Å². The zero-order valence-electron chi connectivity index (χ0n) is 14.3. The van der Waals surface area contributed by atoms with E-state index in [1.165, 1.54) is 5.69 Å². The van der Waals surface area contributed by atoms with Gasteiger partial charge in [-0.2, -0.15) is 0 Å². The minimum atomic E-state index is 0.136. The van der Waals surface area contributed by atoms with Crippen molar-refractivity contribution in [2.45, 2.75) is 0 Å². The first-order valence-corrected chi connectivity index (χ1v) is 8.90. The van der Waals surface area contributed by atoms with Crippen LogP contribution in [0, 0.1) is 0 Å². The molecule has 0 bridgehead atoms. The van der Waals surface area contributed by atoms with E-state index in [4.69, 9.17) is 4.74 Å². The van der Waals surface area contributed by atoms with Crippen molar-refractivity contribution in [3.05, 3.63) is 30.3 Å². The minimum Gasteiger partial charge on any atom is -0.379 e. The van der Waals surface area contributed by atoms with Gasteiger partial charge < -0.3 is 15.0 Å². The number of nitrogens with zero attached hydrogens (tertiary/aromatic N) is 3. The summed E-state index contributed by atoms with van der Waals surface area (Å²) in [7, 11) is 0. The maximum Gasteiger partial charge on any atom is 0.234 e. The van der Waals surface area contributed by atoms with Gasteiger partial charge in [0.1, 0.15) is 0 Å². The lowest BCUT2D eigenvalue weighted by atomic mass is 10.2. The molecular formula is C18H28N4O2. The largest absolute Gasteiger partial charge is 0.379 e. The number of amides is 1. The van der Waals surface area contributed by atoms with Crippen molar-refractivity contribution in [2.75, 3.05) is 77.0 Å². The number of ether oxygens (including phenoxy) is 1. The normalized spacial score (nSPS) is 20.1. The van der Waals surface area contributed by atoms with Gasteiger partial charge in [-0.15, -0.1) is 0 Å². The minimum absolute atomic E-state index is 0.136. The molecule has 0 spiro atoms. The second-order valence-electron chi connectivity index (χ2n) is 6.40. The number of rotatable bonds is 6. The van der Waals surface area contributed by atoms with E-state index in [0.29, 0.717) is 6.54 Å². The van der Waals surface area contributed by atoms with Crippen LogP contribution < -0.4 is 10.2 Å². The van der Waals surface area contributed by atoms with E-state index in [-0.39, 0.29) is 5.91 Å². The Balaban J connectivity index is 1.31. The predicted octanol–water partition coefficient (Wildman–Crippen LogP) is 0.257. The zero-order chi connectivity index (χ0) is 16.6. The summed E-state index contributed by atoms with van der Waals surface area (Å²) in [5.74, 6) is 0.136. The molecule has 2 aliphatic heterocycles. The van der Waals surface area contributed by atoms with Crippen molar-refractivity contribution in [1.29, 1.82) is 0 Å². The van der Waals surface area contributed by atoms with E-state index in [1.807, 2.05) is 6.07 Å². The smallest absolute Gasteiger partial charge is 0.234 e. The molecule has 1 aromatic rings. The highest BCUT2D eigenvalue weighted by atomic mass is 16.5. The van der Waals surface area contributed by atoms with E-state index < -0.39 is 0 Å². The fourth-order valence-electron chi connectivity index (χ4n) is 3.24. The van der Waals surface area contributed by atoms with Gasteiger partial charge in [-0.1, -0.05) is 18.2 Å². The highest BCUT2D eigenvalue weighted by Crippen LogP contribution is 2.15. The molecule has 0 aliphatic carbocycles. The standard InChI is InChI=1S/C18H28N4O2/c23-18(19-6-7-20-12-14-24-15-13-20)16-21-8-10-22(11-9-21)17-4-2-1-3-5-17/h1-5H,6-16H2,(H,19,23). The number of piperazine rings is 1. The first kappa shape index (κ1) is 17.2. The van der Waals surface area contributed by atoms with Crippen LogP contribution in [0.1, 0.15) is 0 Å². The third-order valence-corrected chi connectivity index (χ3v) is 4.71. The lowest BCUT2D eigenvalue weighted by Gasteiger charge is -2.35. The molecule has 2 heterocycles. The topological polar surface area (TPSA) is 48.1 Å². The number of nitrogens with one attached hydrogen (secondary N) is 1. The molecule has 1 aromatic carbocycles. The van der Waals surface area contributed by atoms with E-state index in [9.17, 15) is 4.79 Å². The van der Waals surface area contributed by atoms with Crippen molar-refractivity contribution in [1.82, 2.24) is 15.1 Å². The Morgan fingerprint density at radius 1 is 0.958 bits per heavy atom. The number of para-hydroxylation sites is 1. The summed E-state index contributed by atoms with van der Waals surface area (Å²) in [6.07, 6.45) is 0. The molecule has 2 aliphatic rings. The maximum atomic E-state index is 12.1. The van der Waals surface area contributed by atoms with E-state index >= 15 is 0 Å². The van der Waals surface area contributed by atoms with E-state index in [2.05, 4.69) is 44.3 Å². The molecule has 0 radical (unpaired) electrons. The molecule has 0 aromatic heterocycles. The molecule has 6 nitrogen and oxygen atoms in total. The third-order valence-electron chi connectivity index (χ3n) is 4.71. The molecule has 24 heavy (non-hydrogen) atoms. The third kappa shape index (κ3) is 5.19. The average Bonchev–Trinajstić information content (AvgIpc) is 2.64. The Bertz CT molecular complexity index is 497. The van der Waals surface area contributed by atoms with Crippen molar-refractivity contribution in [3.63, 3.8) is 0 Å². The van der Waals surface area contributed by atoms with Gasteiger partial charge in [0.15, 0.2) is 0 Å². The van der Waals surface area contributed by atoms with Crippen LogP contribution in [-0.4, -0.2) is 87.8 Å². The quantitative estimate of drug-likeness (QED) is 0.810. The summed E-state index contributed by atoms with van der Waals surface area (Å²) >= 11 is 0. The van der Waals surface area contributed by atoms with Crippen molar-refractivity contribution in [3.8, 4) is 0 Å². The summed E-state index contributed by atoms with van der Waals surface area (Å²) in [6.45, 7) is 9.52. The lowest BCUT2D eigenvalue weighted by molar-refractivity contribution is -0.122. The summed E-state index contributed by atoms with van der Waals surface area (Å²) in [5.41, 5.74) is 1.27. The van der Waals surface area contributed by atoms with Crippen LogP contribution in [0.2, 0.25) is 0 Å². The Kier molecular flexibility index (Phi) is 6.46. The molecule has 132 valence electrons. The molecular weight excluding hydrogens is 304 g/mol. The van der Waals surface area contributed by atoms with Gasteiger partial charge in [0.2, 0.25) is 5.91 Å². The summed E-state index contributed by atoms with van der Waals surface area (Å²) in [5, 5.41) is 3.04. The molecule has 6 heteroatoms. The van der Waals surface area contributed by atoms with Crippen LogP contribution in [0.15, 0.2) is 30.3 Å². The van der Waals surface area contributed by atoms with Crippen molar-refractivity contribution in [2.24, 2.45) is 0 Å². The average molecular weight is 332 g/mol. The number of hydrogen-bond acceptors (Lipinski definition) is 5. The Labute approximate surface area is 144 Å². The Morgan fingerprint density at radius 3 is 2.38 bits per heavy atom. The van der Waals surface area contributed by atoms with Gasteiger partial charge in [-0.25, -0.2) is 0 Å². The van der Waals surface area contributed by atoms with Gasteiger partial charge in [-0.3, -0.25) is 14.6 Å². The fourth-order valence-corrected chi connectivity index (χ4v) is 3.24. The summed E-state index contributed by atoms with van der Waals surface area (Å²) in [4.78, 5) is 19.1. The number of carbonyl (C=O) groups is 1. The maximum absolute atomic E-state index is 12.1. The molecule has 0 saturated carbocycles. The number of carbonyl (C=O) groups excluding carboxylic acids is 1. The van der Waals surface area contributed by atoms with E-state index in [1.54, 1.807) is 0 Å². The molecule has 1 N–H and O–H groups in total. The van der Waals surface area contributed by atoms with Crippen LogP contribution in [-0.2, 0) is 9.53 Å². The first-order chi connectivity index (χ1) is 11.8. The van der Waals surface area contributed by atoms with Crippen molar-refractivity contribution < 1.29 is 9.53 Å². The number of anilines is 1. The van der Waals surface area contributed by atoms with Gasteiger partial charge in [0.25, 0.3) is 0 Å². The first-order valence-electron chi connectivity index (χ1n) is 8.90. The van der Waals surface area contributed by atoms with Crippen LogP contribution in [0.5, 0.6) is 0 Å². The Morgan fingerprint density at radius 2 is 1.67 bits per heavy atom. The molecule has 1 amide bonds. The lowest BCUT2D eigenvalue weighted by Crippen LogP contribution is -2.50. The molecule has 0 unspecified atom stereocenters. The summed E-state index contributed by atoms with van der Waals surface area (Å²) < 4.78 is 5.33. The van der Waals surface area contributed by atoms with Crippen molar-refractivity contribution >= 4 is 11.6 Å². The monoisotopic (exact) mass is 332 g/mol. The number of morpholine rings is 1. The summed E-state index contributed by atoms with van der Waals surface area (Å²) in [6, 6.07) is 10.5. The fraction of sp³-hybridized carbons (Fsp3) is 0.611. The molecule has 0 atom stereocenters. The van der Waals surface area contributed by atoms with Crippen LogP contribution in [0.25, 0.3) is 0 Å². The van der Waals surface area contributed by atoms with Crippen LogP contribution in [0.3, 0.4) is 0 Å². The second kappa shape index (κ2) is 9.01.